The van der Waals surface area contributed by atoms with Crippen molar-refractivity contribution in [2.75, 3.05) is 23.1 Å². The number of aromatic nitrogens is 2. The number of carbonyl (C=O) groups excluding carboxylic acids is 2. The molecule has 0 bridgehead atoms. The molecule has 0 fully saturated rings. The van der Waals surface area contributed by atoms with Crippen LogP contribution in [0.25, 0.3) is 0 Å². The van der Waals surface area contributed by atoms with Gasteiger partial charge in [-0.2, -0.15) is 5.10 Å². The van der Waals surface area contributed by atoms with Gasteiger partial charge in [0, 0.05) is 23.5 Å². The minimum absolute atomic E-state index is 0.113. The second-order valence-electron chi connectivity index (χ2n) is 8.88. The van der Waals surface area contributed by atoms with Gasteiger partial charge in [0.15, 0.2) is 0 Å². The van der Waals surface area contributed by atoms with Crippen LogP contribution in [0, 0.1) is 15.9 Å². The van der Waals surface area contributed by atoms with E-state index < -0.39 is 28.6 Å². The van der Waals surface area contributed by atoms with Crippen LogP contribution in [0.1, 0.15) is 28.9 Å². The molecule has 0 unspecified atom stereocenters. The molecular weight excluding hydrogens is 519 g/mol. The topological polar surface area (TPSA) is 140 Å². The maximum absolute atomic E-state index is 13.7. The first kappa shape index (κ1) is 26.1. The Morgan fingerprint density at radius 1 is 1.02 bits per heavy atom. The Morgan fingerprint density at radius 3 is 2.40 bits per heavy atom. The number of hydrogen-bond donors (Lipinski definition) is 3. The van der Waals surface area contributed by atoms with Crippen LogP contribution in [0.5, 0.6) is 5.75 Å². The Labute approximate surface area is 227 Å². The highest BCUT2D eigenvalue weighted by atomic mass is 19.1. The number of para-hydroxylation sites is 2. The van der Waals surface area contributed by atoms with Crippen molar-refractivity contribution in [2.45, 2.75) is 13.0 Å². The van der Waals surface area contributed by atoms with Gasteiger partial charge >= 0.3 is 0 Å². The number of anilines is 3. The van der Waals surface area contributed by atoms with E-state index in [2.05, 4.69) is 21.0 Å². The van der Waals surface area contributed by atoms with Crippen LogP contribution in [0.3, 0.4) is 0 Å². The maximum atomic E-state index is 13.7. The second kappa shape index (κ2) is 10.7. The molecule has 1 atom stereocenters. The summed E-state index contributed by atoms with van der Waals surface area (Å²) in [5.41, 5.74) is 2.16. The van der Waals surface area contributed by atoms with Gasteiger partial charge in [-0.25, -0.2) is 9.07 Å². The van der Waals surface area contributed by atoms with Crippen molar-refractivity contribution in [3.05, 3.63) is 117 Å². The minimum atomic E-state index is -0.834. The number of ether oxygens (including phenoxy) is 1. The molecule has 5 rings (SSSR count). The third kappa shape index (κ3) is 4.97. The lowest BCUT2D eigenvalue weighted by molar-refractivity contribution is -0.384. The fourth-order valence-electron chi connectivity index (χ4n) is 4.47. The Kier molecular flexibility index (Phi) is 6.98. The first-order valence-electron chi connectivity index (χ1n) is 12.1. The lowest BCUT2D eigenvalue weighted by Gasteiger charge is -2.30. The molecule has 202 valence electrons. The number of amides is 2. The molecule has 40 heavy (non-hydrogen) atoms. The number of benzene rings is 3. The fourth-order valence-corrected chi connectivity index (χ4v) is 4.47. The molecule has 11 nitrogen and oxygen atoms in total. The van der Waals surface area contributed by atoms with Crippen LogP contribution >= 0.6 is 0 Å². The fraction of sp³-hybridized carbons (Fsp3) is 0.107. The molecule has 0 saturated carbocycles. The van der Waals surface area contributed by atoms with Crippen molar-refractivity contribution in [3.63, 3.8) is 0 Å². The largest absolute Gasteiger partial charge is 0.495 e. The monoisotopic (exact) mass is 542 g/mol. The summed E-state index contributed by atoms with van der Waals surface area (Å²) < 4.78 is 20.1. The predicted molar refractivity (Wildman–Crippen MR) is 146 cm³/mol. The molecule has 0 radical (unpaired) electrons. The van der Waals surface area contributed by atoms with Crippen LogP contribution in [-0.4, -0.2) is 33.6 Å². The molecule has 4 aromatic rings. The van der Waals surface area contributed by atoms with E-state index in [9.17, 15) is 24.1 Å². The molecule has 1 aromatic heterocycles. The first-order chi connectivity index (χ1) is 19.3. The predicted octanol–water partition coefficient (Wildman–Crippen LogP) is 5.12. The number of nitrogens with one attached hydrogen (secondary N) is 3. The van der Waals surface area contributed by atoms with E-state index in [1.807, 2.05) is 0 Å². The van der Waals surface area contributed by atoms with Gasteiger partial charge in [0.05, 0.1) is 29.5 Å². The number of hydrogen-bond acceptors (Lipinski definition) is 7. The van der Waals surface area contributed by atoms with Gasteiger partial charge in [-0.05, 0) is 61.0 Å². The lowest BCUT2D eigenvalue weighted by Crippen LogP contribution is -2.32. The molecule has 0 spiro atoms. The molecule has 12 heteroatoms. The number of nitro groups is 1. The smallest absolute Gasteiger partial charge is 0.269 e. The summed E-state index contributed by atoms with van der Waals surface area (Å²) >= 11 is 0. The van der Waals surface area contributed by atoms with Gasteiger partial charge in [-0.3, -0.25) is 19.7 Å². The third-order valence-corrected chi connectivity index (χ3v) is 6.39. The van der Waals surface area contributed by atoms with E-state index in [1.54, 1.807) is 43.3 Å². The Hall–Kier alpha value is -5.52. The summed E-state index contributed by atoms with van der Waals surface area (Å²) in [4.78, 5) is 37.6. The summed E-state index contributed by atoms with van der Waals surface area (Å²) in [7, 11) is 1.49. The zero-order valence-corrected chi connectivity index (χ0v) is 21.3. The van der Waals surface area contributed by atoms with E-state index >= 15 is 0 Å². The van der Waals surface area contributed by atoms with Gasteiger partial charge in [0.2, 0.25) is 0 Å². The minimum Gasteiger partial charge on any atom is -0.495 e. The molecule has 3 aromatic carbocycles. The number of halogens is 1. The quantitative estimate of drug-likeness (QED) is 0.217. The first-order valence-corrected chi connectivity index (χ1v) is 12.1. The average molecular weight is 543 g/mol. The summed E-state index contributed by atoms with van der Waals surface area (Å²) in [5, 5.41) is 24.4. The van der Waals surface area contributed by atoms with Crippen molar-refractivity contribution in [2.24, 2.45) is 0 Å². The van der Waals surface area contributed by atoms with E-state index in [-0.39, 0.29) is 16.8 Å². The normalized spacial score (nSPS) is 14.1. The zero-order chi connectivity index (χ0) is 28.4. The Balaban J connectivity index is 1.55. The zero-order valence-electron chi connectivity index (χ0n) is 21.3. The maximum Gasteiger partial charge on any atom is 0.269 e. The van der Waals surface area contributed by atoms with Gasteiger partial charge in [-0.1, -0.05) is 12.1 Å². The van der Waals surface area contributed by atoms with Gasteiger partial charge in [0.25, 0.3) is 17.5 Å². The molecule has 0 saturated heterocycles. The molecule has 3 N–H and O–H groups in total. The van der Waals surface area contributed by atoms with Crippen LogP contribution in [0.15, 0.2) is 90.3 Å². The number of fused-ring (bicyclic) bond motifs is 1. The van der Waals surface area contributed by atoms with E-state index in [0.29, 0.717) is 34.2 Å². The SMILES string of the molecule is COc1ccccc1NC(=O)C1=C(C)Nc2c(C(=O)Nc3ccc(F)cc3)cnn2[C@H]1c1ccc([N+](=O)[O-])cc1. The number of carbonyl (C=O) groups is 2. The van der Waals surface area contributed by atoms with E-state index in [0.717, 1.165) is 0 Å². The lowest BCUT2D eigenvalue weighted by atomic mass is 9.94. The van der Waals surface area contributed by atoms with Crippen molar-refractivity contribution in [3.8, 4) is 5.75 Å². The van der Waals surface area contributed by atoms with Crippen LogP contribution in [0.2, 0.25) is 0 Å². The number of nitrogens with zero attached hydrogens (tertiary/aromatic N) is 3. The highest BCUT2D eigenvalue weighted by molar-refractivity contribution is 6.09. The van der Waals surface area contributed by atoms with Crippen LogP contribution in [-0.2, 0) is 4.79 Å². The van der Waals surface area contributed by atoms with Gasteiger partial charge < -0.3 is 20.7 Å². The summed E-state index contributed by atoms with van der Waals surface area (Å²) in [6.45, 7) is 1.69. The highest BCUT2D eigenvalue weighted by Crippen LogP contribution is 2.39. The second-order valence-corrected chi connectivity index (χ2v) is 8.88. The molecule has 2 heterocycles. The molecule has 1 aliphatic rings. The van der Waals surface area contributed by atoms with E-state index in [4.69, 9.17) is 4.74 Å². The van der Waals surface area contributed by atoms with Gasteiger partial charge in [-0.15, -0.1) is 0 Å². The average Bonchev–Trinajstić information content (AvgIpc) is 3.37. The van der Waals surface area contributed by atoms with Crippen LogP contribution < -0.4 is 20.7 Å². The third-order valence-electron chi connectivity index (χ3n) is 6.39. The van der Waals surface area contributed by atoms with Crippen molar-refractivity contribution in [1.29, 1.82) is 0 Å². The van der Waals surface area contributed by atoms with Gasteiger partial charge in [0.1, 0.15) is 29.0 Å². The standard InChI is InChI=1S/C28H23FN6O5/c1-16-24(28(37)33-22-5-3-4-6-23(22)40-2)25(17-7-13-20(14-8-17)35(38)39)34-26(31-16)21(15-30-34)27(36)32-19-11-9-18(29)10-12-19/h3-15,25,31H,1-2H3,(H,32,36)(H,33,37)/t25-/m0/s1. The van der Waals surface area contributed by atoms with E-state index in [1.165, 1.54) is 54.4 Å². The van der Waals surface area contributed by atoms with Crippen molar-refractivity contribution in [1.82, 2.24) is 9.78 Å². The molecule has 2 amide bonds. The number of methoxy groups -OCH3 is 1. The number of rotatable bonds is 7. The summed E-state index contributed by atoms with van der Waals surface area (Å²) in [5.74, 6) is -0.624. The molecule has 1 aliphatic heterocycles. The molecular formula is C28H23FN6O5. The number of non-ortho nitro benzene ring substituents is 1. The summed E-state index contributed by atoms with van der Waals surface area (Å²) in [6, 6.07) is 17.2. The Morgan fingerprint density at radius 2 is 1.73 bits per heavy atom. The van der Waals surface area contributed by atoms with Crippen molar-refractivity contribution < 1.29 is 23.6 Å². The summed E-state index contributed by atoms with van der Waals surface area (Å²) in [6.07, 6.45) is 1.36. The molecule has 0 aliphatic carbocycles. The van der Waals surface area contributed by atoms with Crippen molar-refractivity contribution >= 4 is 34.7 Å². The Bertz CT molecular complexity index is 1650. The number of nitro benzene ring substituents is 1. The number of allylic oxidation sites excluding steroid dienone is 1. The van der Waals surface area contributed by atoms with Crippen LogP contribution in [0.4, 0.5) is 27.3 Å². The highest BCUT2D eigenvalue weighted by Gasteiger charge is 2.35.